The molecule has 7 heteroatoms. The third kappa shape index (κ3) is 9.46. The van der Waals surface area contributed by atoms with E-state index in [2.05, 4.69) is 22.5 Å². The minimum Gasteiger partial charge on any atom is -0.357 e. The van der Waals surface area contributed by atoms with Crippen molar-refractivity contribution < 1.29 is 8.42 Å². The van der Waals surface area contributed by atoms with Crippen LogP contribution in [0, 0.1) is 0 Å². The maximum Gasteiger partial charge on any atom is 0.191 e. The van der Waals surface area contributed by atoms with Crippen molar-refractivity contribution in [2.75, 3.05) is 25.9 Å². The molecule has 0 aliphatic carbocycles. The molecular weight excluding hydrogens is 437 g/mol. The minimum absolute atomic E-state index is 0. The van der Waals surface area contributed by atoms with Crippen LogP contribution >= 0.6 is 24.0 Å². The first-order valence-electron chi connectivity index (χ1n) is 8.28. The molecule has 0 unspecified atom stereocenters. The Labute approximate surface area is 163 Å². The first-order chi connectivity index (χ1) is 11.0. The molecule has 0 aliphatic heterocycles. The summed E-state index contributed by atoms with van der Waals surface area (Å²) >= 11 is 0. The van der Waals surface area contributed by atoms with E-state index in [0.29, 0.717) is 4.90 Å². The molecule has 0 aliphatic rings. The van der Waals surface area contributed by atoms with E-state index in [9.17, 15) is 8.42 Å². The zero-order valence-electron chi connectivity index (χ0n) is 14.8. The molecule has 1 aromatic carbocycles. The fourth-order valence-corrected chi connectivity index (χ4v) is 2.75. The number of aliphatic imine (C=N–C) groups is 1. The predicted octanol–water partition coefficient (Wildman–Crippen LogP) is 3.00. The Kier molecular flexibility index (Phi) is 12.1. The fraction of sp³-hybridized carbons (Fsp3) is 0.588. The Morgan fingerprint density at radius 1 is 1.08 bits per heavy atom. The van der Waals surface area contributed by atoms with Gasteiger partial charge in [-0.3, -0.25) is 4.99 Å². The largest absolute Gasteiger partial charge is 0.357 e. The third-order valence-corrected chi connectivity index (χ3v) is 4.56. The van der Waals surface area contributed by atoms with E-state index in [1.54, 1.807) is 12.1 Å². The number of unbranched alkanes of at least 4 members (excludes halogenated alkanes) is 2. The van der Waals surface area contributed by atoms with Gasteiger partial charge >= 0.3 is 0 Å². The summed E-state index contributed by atoms with van der Waals surface area (Å²) in [5, 5.41) is 6.55. The smallest absolute Gasteiger partial charge is 0.191 e. The van der Waals surface area contributed by atoms with Crippen LogP contribution in [-0.2, 0) is 16.3 Å². The van der Waals surface area contributed by atoms with Crippen molar-refractivity contribution in [2.45, 2.75) is 44.4 Å². The molecule has 1 aromatic rings. The lowest BCUT2D eigenvalue weighted by atomic mass is 10.1. The van der Waals surface area contributed by atoms with E-state index in [1.807, 2.05) is 19.1 Å². The Balaban J connectivity index is 0.00000529. The van der Waals surface area contributed by atoms with Crippen molar-refractivity contribution in [3.05, 3.63) is 29.8 Å². The Bertz CT molecular complexity index is 586. The van der Waals surface area contributed by atoms with Crippen LogP contribution < -0.4 is 10.6 Å². The van der Waals surface area contributed by atoms with Crippen LogP contribution in [-0.4, -0.2) is 40.3 Å². The molecule has 0 amide bonds. The van der Waals surface area contributed by atoms with Gasteiger partial charge in [-0.1, -0.05) is 31.9 Å². The topological polar surface area (TPSA) is 70.6 Å². The third-order valence-electron chi connectivity index (χ3n) is 3.43. The number of nitrogens with one attached hydrogen (secondary N) is 2. The van der Waals surface area contributed by atoms with Crippen molar-refractivity contribution in [2.24, 2.45) is 4.99 Å². The SMILES string of the molecule is CCCCCN=C(NCC)NCCc1ccc(S(C)(=O)=O)cc1.I. The molecule has 0 fully saturated rings. The molecule has 0 radical (unpaired) electrons. The normalized spacial score (nSPS) is 11.7. The molecule has 0 bridgehead atoms. The summed E-state index contributed by atoms with van der Waals surface area (Å²) in [6.07, 6.45) is 5.56. The van der Waals surface area contributed by atoms with Gasteiger partial charge < -0.3 is 10.6 Å². The van der Waals surface area contributed by atoms with Gasteiger partial charge in [0, 0.05) is 25.9 Å². The molecule has 2 N–H and O–H groups in total. The molecule has 0 atom stereocenters. The number of nitrogens with zero attached hydrogens (tertiary/aromatic N) is 1. The lowest BCUT2D eigenvalue weighted by Gasteiger charge is -2.11. The van der Waals surface area contributed by atoms with Gasteiger partial charge in [-0.25, -0.2) is 8.42 Å². The highest BCUT2D eigenvalue weighted by atomic mass is 127. The van der Waals surface area contributed by atoms with E-state index < -0.39 is 9.84 Å². The molecule has 0 aromatic heterocycles. The monoisotopic (exact) mass is 467 g/mol. The maximum atomic E-state index is 11.4. The summed E-state index contributed by atoms with van der Waals surface area (Å²) in [6, 6.07) is 7.05. The minimum atomic E-state index is -3.12. The van der Waals surface area contributed by atoms with E-state index in [4.69, 9.17) is 0 Å². The van der Waals surface area contributed by atoms with Crippen LogP contribution in [0.25, 0.3) is 0 Å². The highest BCUT2D eigenvalue weighted by Crippen LogP contribution is 2.10. The first kappa shape index (κ1) is 23.2. The standard InChI is InChI=1S/C17H29N3O2S.HI/c1-4-6-7-13-19-17(18-5-2)20-14-12-15-8-10-16(11-9-15)23(3,21)22;/h8-11H,4-7,12-14H2,1-3H3,(H2,18,19,20);1H. The summed E-state index contributed by atoms with van der Waals surface area (Å²) in [5.41, 5.74) is 1.10. The van der Waals surface area contributed by atoms with Crippen molar-refractivity contribution in [1.29, 1.82) is 0 Å². The number of sulfone groups is 1. The number of rotatable bonds is 9. The van der Waals surface area contributed by atoms with E-state index >= 15 is 0 Å². The zero-order valence-corrected chi connectivity index (χ0v) is 18.0. The van der Waals surface area contributed by atoms with Crippen LogP contribution in [0.3, 0.4) is 0 Å². The molecule has 1 rings (SSSR count). The zero-order chi connectivity index (χ0) is 17.1. The van der Waals surface area contributed by atoms with Crippen LogP contribution in [0.15, 0.2) is 34.2 Å². The molecule has 0 saturated carbocycles. The average Bonchev–Trinajstić information content (AvgIpc) is 2.51. The second kappa shape index (κ2) is 12.5. The van der Waals surface area contributed by atoms with E-state index in [1.165, 1.54) is 19.1 Å². The van der Waals surface area contributed by atoms with Crippen molar-refractivity contribution in [3.8, 4) is 0 Å². The van der Waals surface area contributed by atoms with Gasteiger partial charge in [0.2, 0.25) is 0 Å². The van der Waals surface area contributed by atoms with Gasteiger partial charge in [0.25, 0.3) is 0 Å². The molecule has 0 spiro atoms. The lowest BCUT2D eigenvalue weighted by Crippen LogP contribution is -2.38. The van der Waals surface area contributed by atoms with Crippen LogP contribution in [0.1, 0.15) is 38.7 Å². The summed E-state index contributed by atoms with van der Waals surface area (Å²) in [7, 11) is -3.12. The Morgan fingerprint density at radius 2 is 1.75 bits per heavy atom. The fourth-order valence-electron chi connectivity index (χ4n) is 2.12. The summed E-state index contributed by atoms with van der Waals surface area (Å²) in [4.78, 5) is 4.90. The number of hydrogen-bond donors (Lipinski definition) is 2. The van der Waals surface area contributed by atoms with Crippen LogP contribution in [0.5, 0.6) is 0 Å². The highest BCUT2D eigenvalue weighted by Gasteiger charge is 2.06. The number of benzene rings is 1. The Morgan fingerprint density at radius 3 is 2.29 bits per heavy atom. The predicted molar refractivity (Wildman–Crippen MR) is 112 cm³/mol. The average molecular weight is 467 g/mol. The van der Waals surface area contributed by atoms with Crippen molar-refractivity contribution >= 4 is 39.8 Å². The van der Waals surface area contributed by atoms with Gasteiger partial charge in [0.15, 0.2) is 15.8 Å². The van der Waals surface area contributed by atoms with Gasteiger partial charge in [-0.2, -0.15) is 0 Å². The molecule has 5 nitrogen and oxygen atoms in total. The molecule has 0 saturated heterocycles. The summed E-state index contributed by atoms with van der Waals surface area (Å²) in [5.74, 6) is 0.844. The van der Waals surface area contributed by atoms with Crippen molar-refractivity contribution in [3.63, 3.8) is 0 Å². The van der Waals surface area contributed by atoms with E-state index in [0.717, 1.165) is 44.0 Å². The van der Waals surface area contributed by atoms with Gasteiger partial charge in [0.1, 0.15) is 0 Å². The number of halogens is 1. The number of hydrogen-bond acceptors (Lipinski definition) is 3. The summed E-state index contributed by atoms with van der Waals surface area (Å²) < 4.78 is 22.9. The van der Waals surface area contributed by atoms with Gasteiger partial charge in [-0.15, -0.1) is 24.0 Å². The summed E-state index contributed by atoms with van der Waals surface area (Å²) in [6.45, 7) is 6.67. The number of guanidine groups is 1. The van der Waals surface area contributed by atoms with E-state index in [-0.39, 0.29) is 24.0 Å². The quantitative estimate of drug-likeness (QED) is 0.254. The van der Waals surface area contributed by atoms with Crippen LogP contribution in [0.4, 0.5) is 0 Å². The van der Waals surface area contributed by atoms with Crippen LogP contribution in [0.2, 0.25) is 0 Å². The lowest BCUT2D eigenvalue weighted by molar-refractivity contribution is 0.602. The first-order valence-corrected chi connectivity index (χ1v) is 10.2. The Hall–Kier alpha value is -0.830. The van der Waals surface area contributed by atoms with Gasteiger partial charge in [0.05, 0.1) is 4.90 Å². The second-order valence-electron chi connectivity index (χ2n) is 5.56. The molecule has 0 heterocycles. The molecule has 24 heavy (non-hydrogen) atoms. The molecular formula is C17H30IN3O2S. The van der Waals surface area contributed by atoms with Crippen molar-refractivity contribution in [1.82, 2.24) is 10.6 Å². The second-order valence-corrected chi connectivity index (χ2v) is 7.58. The highest BCUT2D eigenvalue weighted by molar-refractivity contribution is 14.0. The van der Waals surface area contributed by atoms with Gasteiger partial charge in [-0.05, 0) is 37.5 Å². The maximum absolute atomic E-state index is 11.4. The molecule has 138 valence electrons.